The van der Waals surface area contributed by atoms with E-state index < -0.39 is 0 Å². The minimum Gasteiger partial charge on any atom is -0.305 e. The molecule has 0 unspecified atom stereocenters. The van der Waals surface area contributed by atoms with Crippen LogP contribution in [0.2, 0.25) is 0 Å². The van der Waals surface area contributed by atoms with E-state index in [0.717, 1.165) is 13.0 Å². The van der Waals surface area contributed by atoms with Crippen molar-refractivity contribution >= 4 is 11.8 Å². The van der Waals surface area contributed by atoms with Gasteiger partial charge in [-0.25, -0.2) is 0 Å². The van der Waals surface area contributed by atoms with Crippen LogP contribution in [0.3, 0.4) is 0 Å². The minimum absolute atomic E-state index is 1.13. The smallest absolute Gasteiger partial charge is 0.00693 e. The molecule has 0 rings (SSSR count). The molecule has 0 fully saturated rings. The fraction of sp³-hybridized carbons (Fsp3) is 0.778. The summed E-state index contributed by atoms with van der Waals surface area (Å²) >= 11 is 1.90. The summed E-state index contributed by atoms with van der Waals surface area (Å²) in [6, 6.07) is 0. The van der Waals surface area contributed by atoms with Crippen molar-refractivity contribution in [3.05, 3.63) is 12.2 Å². The lowest BCUT2D eigenvalue weighted by Gasteiger charge is -2.15. The molecule has 0 saturated heterocycles. The Balaban J connectivity index is 3.22. The molecule has 0 aliphatic heterocycles. The number of thioether (sulfide) groups is 1. The Kier molecular flexibility index (Phi) is 6.77. The molecule has 0 aliphatic carbocycles. The Hall–Kier alpha value is 0.0500. The third kappa shape index (κ3) is 7.95. The molecule has 66 valence electrons. The highest BCUT2D eigenvalue weighted by Gasteiger charge is 1.96. The quantitative estimate of drug-likeness (QED) is 0.567. The zero-order valence-electron chi connectivity index (χ0n) is 7.89. The van der Waals surface area contributed by atoms with Crippen LogP contribution in [0, 0.1) is 0 Å². The van der Waals surface area contributed by atoms with Gasteiger partial charge in [-0.2, -0.15) is 11.8 Å². The van der Waals surface area contributed by atoms with E-state index in [1.165, 1.54) is 17.9 Å². The Morgan fingerprint density at radius 1 is 1.45 bits per heavy atom. The molecule has 0 aliphatic rings. The van der Waals surface area contributed by atoms with Crippen LogP contribution in [-0.2, 0) is 0 Å². The van der Waals surface area contributed by atoms with E-state index in [4.69, 9.17) is 0 Å². The first-order valence-electron chi connectivity index (χ1n) is 3.98. The van der Waals surface area contributed by atoms with Gasteiger partial charge in [-0.05, 0) is 26.6 Å². The first-order valence-corrected chi connectivity index (χ1v) is 5.38. The first kappa shape index (κ1) is 11.1. The van der Waals surface area contributed by atoms with E-state index in [2.05, 4.69) is 31.7 Å². The van der Waals surface area contributed by atoms with Gasteiger partial charge in [0.2, 0.25) is 0 Å². The summed E-state index contributed by atoms with van der Waals surface area (Å²) in [7, 11) is 2.17. The van der Waals surface area contributed by atoms with Crippen LogP contribution < -0.4 is 0 Å². The first-order chi connectivity index (χ1) is 5.16. The lowest BCUT2D eigenvalue weighted by molar-refractivity contribution is 0.360. The number of nitrogens with zero attached hydrogens (tertiary/aromatic N) is 1. The molecule has 0 aromatic rings. The standard InChI is InChI=1S/C9H19NS/c1-9(2)5-6-10(3)7-8-11-4/h1,5-8H2,2-4H3. The van der Waals surface area contributed by atoms with E-state index in [1.807, 2.05) is 11.8 Å². The summed E-state index contributed by atoms with van der Waals surface area (Å²) in [6.07, 6.45) is 3.28. The van der Waals surface area contributed by atoms with E-state index >= 15 is 0 Å². The SMILES string of the molecule is C=C(C)CCN(C)CCSC. The summed E-state index contributed by atoms with van der Waals surface area (Å²) in [5.41, 5.74) is 1.28. The maximum absolute atomic E-state index is 3.88. The van der Waals surface area contributed by atoms with Crippen molar-refractivity contribution in [1.29, 1.82) is 0 Å². The predicted molar refractivity (Wildman–Crippen MR) is 55.3 cm³/mol. The third-order valence-corrected chi connectivity index (χ3v) is 2.19. The van der Waals surface area contributed by atoms with Gasteiger partial charge in [-0.15, -0.1) is 6.58 Å². The summed E-state index contributed by atoms with van der Waals surface area (Å²) < 4.78 is 0. The number of hydrogen-bond acceptors (Lipinski definition) is 2. The van der Waals surface area contributed by atoms with E-state index in [9.17, 15) is 0 Å². The van der Waals surface area contributed by atoms with Crippen LogP contribution in [0.25, 0.3) is 0 Å². The van der Waals surface area contributed by atoms with Crippen LogP contribution in [-0.4, -0.2) is 37.0 Å². The van der Waals surface area contributed by atoms with E-state index in [-0.39, 0.29) is 0 Å². The van der Waals surface area contributed by atoms with Crippen molar-refractivity contribution in [2.24, 2.45) is 0 Å². The molecule has 0 atom stereocenters. The molecule has 0 N–H and O–H groups in total. The molecule has 0 heterocycles. The van der Waals surface area contributed by atoms with Gasteiger partial charge in [0, 0.05) is 18.8 Å². The van der Waals surface area contributed by atoms with E-state index in [0.29, 0.717) is 0 Å². The molecular formula is C9H19NS. The highest BCUT2D eigenvalue weighted by Crippen LogP contribution is 1.98. The van der Waals surface area contributed by atoms with Crippen molar-refractivity contribution in [2.45, 2.75) is 13.3 Å². The fourth-order valence-electron chi connectivity index (χ4n) is 0.741. The van der Waals surface area contributed by atoms with Crippen molar-refractivity contribution in [1.82, 2.24) is 4.90 Å². The van der Waals surface area contributed by atoms with Gasteiger partial charge < -0.3 is 4.90 Å². The molecule has 0 aromatic carbocycles. The zero-order valence-corrected chi connectivity index (χ0v) is 8.71. The maximum Gasteiger partial charge on any atom is 0.00693 e. The molecule has 0 saturated carbocycles. The highest BCUT2D eigenvalue weighted by atomic mass is 32.2. The molecular weight excluding hydrogens is 154 g/mol. The molecule has 1 nitrogen and oxygen atoms in total. The largest absolute Gasteiger partial charge is 0.305 e. The Labute approximate surface area is 74.9 Å². The van der Waals surface area contributed by atoms with Crippen LogP contribution in [0.1, 0.15) is 13.3 Å². The van der Waals surface area contributed by atoms with Gasteiger partial charge in [0.05, 0.1) is 0 Å². The average molecular weight is 173 g/mol. The van der Waals surface area contributed by atoms with Gasteiger partial charge in [0.25, 0.3) is 0 Å². The Bertz CT molecular complexity index is 112. The van der Waals surface area contributed by atoms with Crippen LogP contribution in [0.4, 0.5) is 0 Å². The zero-order chi connectivity index (χ0) is 8.69. The van der Waals surface area contributed by atoms with Crippen LogP contribution >= 0.6 is 11.8 Å². The summed E-state index contributed by atoms with van der Waals surface area (Å²) in [4.78, 5) is 2.35. The third-order valence-electron chi connectivity index (χ3n) is 1.60. The Morgan fingerprint density at radius 2 is 2.09 bits per heavy atom. The number of rotatable bonds is 6. The second-order valence-corrected chi connectivity index (χ2v) is 3.99. The lowest BCUT2D eigenvalue weighted by atomic mass is 10.2. The summed E-state index contributed by atoms with van der Waals surface area (Å²) in [5.74, 6) is 1.23. The van der Waals surface area contributed by atoms with Crippen molar-refractivity contribution in [3.8, 4) is 0 Å². The van der Waals surface area contributed by atoms with Gasteiger partial charge in [0.1, 0.15) is 0 Å². The second kappa shape index (κ2) is 6.74. The van der Waals surface area contributed by atoms with Crippen molar-refractivity contribution < 1.29 is 0 Å². The minimum atomic E-state index is 1.13. The highest BCUT2D eigenvalue weighted by molar-refractivity contribution is 7.98. The van der Waals surface area contributed by atoms with Crippen LogP contribution in [0.5, 0.6) is 0 Å². The molecule has 0 bridgehead atoms. The number of hydrogen-bond donors (Lipinski definition) is 0. The van der Waals surface area contributed by atoms with Gasteiger partial charge in [0.15, 0.2) is 0 Å². The van der Waals surface area contributed by atoms with Crippen LogP contribution in [0.15, 0.2) is 12.2 Å². The fourth-order valence-corrected chi connectivity index (χ4v) is 1.23. The van der Waals surface area contributed by atoms with E-state index in [1.54, 1.807) is 0 Å². The van der Waals surface area contributed by atoms with Gasteiger partial charge >= 0.3 is 0 Å². The topological polar surface area (TPSA) is 3.24 Å². The normalized spacial score (nSPS) is 10.5. The molecule has 11 heavy (non-hydrogen) atoms. The lowest BCUT2D eigenvalue weighted by Crippen LogP contribution is -2.22. The van der Waals surface area contributed by atoms with Crippen molar-refractivity contribution in [3.63, 3.8) is 0 Å². The molecule has 2 heteroatoms. The van der Waals surface area contributed by atoms with Crippen molar-refractivity contribution in [2.75, 3.05) is 32.1 Å². The Morgan fingerprint density at radius 3 is 2.55 bits per heavy atom. The summed E-state index contributed by atoms with van der Waals surface area (Å²) in [6.45, 7) is 8.30. The van der Waals surface area contributed by atoms with Gasteiger partial charge in [-0.1, -0.05) is 5.57 Å². The molecule has 0 amide bonds. The summed E-state index contributed by atoms with van der Waals surface area (Å²) in [5, 5.41) is 0. The maximum atomic E-state index is 3.88. The predicted octanol–water partition coefficient (Wildman–Crippen LogP) is 2.25. The molecule has 0 spiro atoms. The molecule has 0 radical (unpaired) electrons. The average Bonchev–Trinajstić information content (AvgIpc) is 1.97. The second-order valence-electron chi connectivity index (χ2n) is 3.00. The molecule has 0 aromatic heterocycles. The van der Waals surface area contributed by atoms with Gasteiger partial charge in [-0.3, -0.25) is 0 Å². The monoisotopic (exact) mass is 173 g/mol.